The van der Waals surface area contributed by atoms with E-state index in [1.165, 1.54) is 25.5 Å². The van der Waals surface area contributed by atoms with Crippen molar-refractivity contribution in [3.05, 3.63) is 22.8 Å². The largest absolute Gasteiger partial charge is 0.370 e. The lowest BCUT2D eigenvalue weighted by Crippen LogP contribution is -2.30. The van der Waals surface area contributed by atoms with E-state index < -0.39 is 0 Å². The van der Waals surface area contributed by atoms with Crippen molar-refractivity contribution in [2.24, 2.45) is 5.41 Å². The molecule has 1 amide bonds. The fourth-order valence-electron chi connectivity index (χ4n) is 2.48. The first kappa shape index (κ1) is 15.1. The molecule has 1 saturated carbocycles. The third-order valence-corrected chi connectivity index (χ3v) is 4.12. The van der Waals surface area contributed by atoms with Crippen LogP contribution in [-0.2, 0) is 0 Å². The summed E-state index contributed by atoms with van der Waals surface area (Å²) in [6, 6.07) is 1.71. The van der Waals surface area contributed by atoms with E-state index in [0.717, 1.165) is 19.5 Å². The lowest BCUT2D eigenvalue weighted by molar-refractivity contribution is 0.0944. The maximum atomic E-state index is 12.2. The van der Waals surface area contributed by atoms with E-state index in [1.807, 2.05) is 6.92 Å². The van der Waals surface area contributed by atoms with Gasteiger partial charge < -0.3 is 10.6 Å². The topological polar surface area (TPSA) is 54.0 Å². The lowest BCUT2D eigenvalue weighted by atomic mass is 10.0. The first-order valence-corrected chi connectivity index (χ1v) is 7.65. The molecule has 1 fully saturated rings. The molecule has 4 nitrogen and oxygen atoms in total. The molecule has 2 rings (SSSR count). The van der Waals surface area contributed by atoms with Crippen LogP contribution in [0.15, 0.2) is 12.3 Å². The molecule has 1 aliphatic carbocycles. The molecular formula is C15H22ClN3O. The Hall–Kier alpha value is -1.29. The number of halogens is 1. The Morgan fingerprint density at radius 3 is 2.80 bits per heavy atom. The fraction of sp³-hybridized carbons (Fsp3) is 0.600. The van der Waals surface area contributed by atoms with Gasteiger partial charge in [0.1, 0.15) is 5.82 Å². The number of pyridine rings is 1. The van der Waals surface area contributed by atoms with Crippen molar-refractivity contribution in [2.45, 2.75) is 39.5 Å². The quantitative estimate of drug-likeness (QED) is 0.810. The number of carbonyl (C=O) groups is 1. The summed E-state index contributed by atoms with van der Waals surface area (Å²) in [5.41, 5.74) is 0.832. The Bertz CT molecular complexity index is 486. The second-order valence-corrected chi connectivity index (χ2v) is 5.92. The van der Waals surface area contributed by atoms with Crippen LogP contribution in [0.4, 0.5) is 5.82 Å². The van der Waals surface area contributed by atoms with Crippen LogP contribution >= 0.6 is 11.6 Å². The van der Waals surface area contributed by atoms with E-state index in [4.69, 9.17) is 11.6 Å². The minimum atomic E-state index is -0.112. The van der Waals surface area contributed by atoms with Crippen LogP contribution in [-0.4, -0.2) is 24.0 Å². The van der Waals surface area contributed by atoms with Gasteiger partial charge in [-0.3, -0.25) is 4.79 Å². The van der Waals surface area contributed by atoms with Crippen molar-refractivity contribution >= 4 is 23.3 Å². The number of nitrogens with one attached hydrogen (secondary N) is 2. The predicted octanol–water partition coefficient (Wildman–Crippen LogP) is 3.48. The van der Waals surface area contributed by atoms with Crippen LogP contribution in [0.3, 0.4) is 0 Å². The van der Waals surface area contributed by atoms with E-state index >= 15 is 0 Å². The molecule has 0 bridgehead atoms. The van der Waals surface area contributed by atoms with Gasteiger partial charge in [0.25, 0.3) is 5.91 Å². The molecule has 0 unspecified atom stereocenters. The smallest absolute Gasteiger partial charge is 0.253 e. The molecule has 0 aromatic carbocycles. The zero-order chi connectivity index (χ0) is 14.6. The van der Waals surface area contributed by atoms with Crippen molar-refractivity contribution in [3.63, 3.8) is 0 Å². The number of aromatic nitrogens is 1. The molecule has 0 atom stereocenters. The Labute approximate surface area is 125 Å². The van der Waals surface area contributed by atoms with Gasteiger partial charge in [0.15, 0.2) is 0 Å². The van der Waals surface area contributed by atoms with Crippen molar-refractivity contribution in [2.75, 3.05) is 18.4 Å². The molecule has 1 heterocycles. The summed E-state index contributed by atoms with van der Waals surface area (Å²) in [7, 11) is 0. The Morgan fingerprint density at radius 1 is 1.45 bits per heavy atom. The number of carbonyl (C=O) groups excluding carboxylic acids is 1. The lowest BCUT2D eigenvalue weighted by Gasteiger charge is -2.15. The summed E-state index contributed by atoms with van der Waals surface area (Å²) in [5, 5.41) is 6.50. The Kier molecular flexibility index (Phi) is 4.86. The zero-order valence-electron chi connectivity index (χ0n) is 12.1. The average molecular weight is 296 g/mol. The second-order valence-electron chi connectivity index (χ2n) is 5.51. The first-order valence-electron chi connectivity index (χ1n) is 7.28. The van der Waals surface area contributed by atoms with Crippen LogP contribution in [0.1, 0.15) is 49.9 Å². The van der Waals surface area contributed by atoms with Gasteiger partial charge in [-0.15, -0.1) is 0 Å². The van der Waals surface area contributed by atoms with E-state index in [9.17, 15) is 4.79 Å². The van der Waals surface area contributed by atoms with Gasteiger partial charge in [-0.25, -0.2) is 4.98 Å². The van der Waals surface area contributed by atoms with Crippen LogP contribution in [0, 0.1) is 5.41 Å². The summed E-state index contributed by atoms with van der Waals surface area (Å²) in [6.45, 7) is 5.67. The number of amides is 1. The number of anilines is 1. The van der Waals surface area contributed by atoms with Crippen LogP contribution in [0.25, 0.3) is 0 Å². The van der Waals surface area contributed by atoms with Gasteiger partial charge in [-0.1, -0.05) is 24.9 Å². The van der Waals surface area contributed by atoms with Crippen molar-refractivity contribution in [1.29, 1.82) is 0 Å². The fourth-order valence-corrected chi connectivity index (χ4v) is 2.66. The minimum absolute atomic E-state index is 0.112. The van der Waals surface area contributed by atoms with Gasteiger partial charge in [-0.05, 0) is 37.7 Å². The zero-order valence-corrected chi connectivity index (χ0v) is 12.9. The molecule has 110 valence electrons. The van der Waals surface area contributed by atoms with Gasteiger partial charge in [-0.2, -0.15) is 0 Å². The molecule has 0 spiro atoms. The second kappa shape index (κ2) is 6.44. The highest BCUT2D eigenvalue weighted by Gasteiger charge is 2.41. The molecule has 0 aliphatic heterocycles. The Balaban J connectivity index is 1.99. The maximum Gasteiger partial charge on any atom is 0.253 e. The van der Waals surface area contributed by atoms with Crippen molar-refractivity contribution < 1.29 is 4.79 Å². The monoisotopic (exact) mass is 295 g/mol. The molecule has 5 heteroatoms. The highest BCUT2D eigenvalue weighted by atomic mass is 35.5. The van der Waals surface area contributed by atoms with Crippen LogP contribution < -0.4 is 10.6 Å². The normalized spacial score (nSPS) is 15.8. The summed E-state index contributed by atoms with van der Waals surface area (Å²) < 4.78 is 0. The molecule has 0 radical (unpaired) electrons. The predicted molar refractivity (Wildman–Crippen MR) is 82.3 cm³/mol. The molecule has 0 saturated heterocycles. The maximum absolute atomic E-state index is 12.2. The number of rotatable bonds is 7. The van der Waals surface area contributed by atoms with Crippen LogP contribution in [0.5, 0.6) is 0 Å². The molecule has 1 aromatic heterocycles. The van der Waals surface area contributed by atoms with Crippen molar-refractivity contribution in [1.82, 2.24) is 10.3 Å². The number of hydrogen-bond acceptors (Lipinski definition) is 3. The molecule has 1 aromatic rings. The van der Waals surface area contributed by atoms with Crippen molar-refractivity contribution in [3.8, 4) is 0 Å². The van der Waals surface area contributed by atoms with E-state index in [-0.39, 0.29) is 5.91 Å². The van der Waals surface area contributed by atoms with Gasteiger partial charge in [0, 0.05) is 19.3 Å². The third-order valence-electron chi connectivity index (χ3n) is 3.82. The van der Waals surface area contributed by atoms with Gasteiger partial charge in [0.05, 0.1) is 10.6 Å². The SMILES string of the molecule is CCCC1(CNC(=O)c2cc(NCC)ncc2Cl)CC1. The summed E-state index contributed by atoms with van der Waals surface area (Å²) in [4.78, 5) is 16.4. The molecule has 2 N–H and O–H groups in total. The molecule has 1 aliphatic rings. The number of nitrogens with zero attached hydrogens (tertiary/aromatic N) is 1. The standard InChI is InChI=1S/C15H22ClN3O/c1-3-5-15(6-7-15)10-19-14(20)11-8-13(17-4-2)18-9-12(11)16/h8-9H,3-7,10H2,1-2H3,(H,17,18)(H,19,20). The summed E-state index contributed by atoms with van der Waals surface area (Å²) in [6.07, 6.45) is 6.30. The molecular weight excluding hydrogens is 274 g/mol. The highest BCUT2D eigenvalue weighted by molar-refractivity contribution is 6.33. The Morgan fingerprint density at radius 2 is 2.20 bits per heavy atom. The van der Waals surface area contributed by atoms with E-state index in [0.29, 0.717) is 21.8 Å². The van der Waals surface area contributed by atoms with E-state index in [2.05, 4.69) is 22.5 Å². The highest BCUT2D eigenvalue weighted by Crippen LogP contribution is 2.48. The summed E-state index contributed by atoms with van der Waals surface area (Å²) >= 11 is 6.07. The summed E-state index contributed by atoms with van der Waals surface area (Å²) in [5.74, 6) is 0.565. The first-order chi connectivity index (χ1) is 9.60. The number of hydrogen-bond donors (Lipinski definition) is 2. The third kappa shape index (κ3) is 3.63. The van der Waals surface area contributed by atoms with Gasteiger partial charge in [0.2, 0.25) is 0 Å². The molecule has 20 heavy (non-hydrogen) atoms. The van der Waals surface area contributed by atoms with Gasteiger partial charge >= 0.3 is 0 Å². The minimum Gasteiger partial charge on any atom is -0.370 e. The van der Waals surface area contributed by atoms with Crippen LogP contribution in [0.2, 0.25) is 5.02 Å². The van der Waals surface area contributed by atoms with E-state index in [1.54, 1.807) is 6.07 Å². The average Bonchev–Trinajstić information content (AvgIpc) is 3.19.